The van der Waals surface area contributed by atoms with Gasteiger partial charge in [0.05, 0.1) is 6.07 Å². The van der Waals surface area contributed by atoms with Crippen LogP contribution < -0.4 is 0 Å². The fourth-order valence-electron chi connectivity index (χ4n) is 1.12. The fraction of sp³-hybridized carbons (Fsp3) is 0.875. The van der Waals surface area contributed by atoms with Crippen LogP contribution in [0.2, 0.25) is 0 Å². The largest absolute Gasteiger partial charge is 0.350 e. The zero-order valence-corrected chi connectivity index (χ0v) is 6.55. The van der Waals surface area contributed by atoms with Crippen LogP contribution in [0.5, 0.6) is 0 Å². The van der Waals surface area contributed by atoms with Crippen molar-refractivity contribution in [1.82, 2.24) is 0 Å². The van der Waals surface area contributed by atoms with E-state index in [9.17, 15) is 0 Å². The molecule has 2 atom stereocenters. The highest BCUT2D eigenvalue weighted by atomic mass is 16.6. The van der Waals surface area contributed by atoms with E-state index in [0.29, 0.717) is 0 Å². The Morgan fingerprint density at radius 2 is 2.40 bits per heavy atom. The van der Waals surface area contributed by atoms with Gasteiger partial charge in [0, 0.05) is 0 Å². The predicted molar refractivity (Wildman–Crippen MR) is 38.4 cm³/mol. The number of unbranched alkanes of at least 4 members (excludes halogenated alkanes) is 1. The van der Waals surface area contributed by atoms with Gasteiger partial charge in [-0.2, -0.15) is 5.26 Å². The number of hydrogen-bond acceptors (Lipinski definition) is 2. The molecule has 0 bridgehead atoms. The topological polar surface area (TPSA) is 36.3 Å². The van der Waals surface area contributed by atoms with E-state index in [2.05, 4.69) is 13.0 Å². The average molecular weight is 139 g/mol. The Kier molecular flexibility index (Phi) is 1.96. The maximum atomic E-state index is 8.47. The quantitative estimate of drug-likeness (QED) is 0.559. The lowest BCUT2D eigenvalue weighted by atomic mass is 10.0. The van der Waals surface area contributed by atoms with Gasteiger partial charge in [0.2, 0.25) is 0 Å². The Morgan fingerprint density at radius 1 is 1.70 bits per heavy atom. The Bertz CT molecular complexity index is 161. The number of ether oxygens (including phenoxy) is 1. The first-order valence-electron chi connectivity index (χ1n) is 3.80. The van der Waals surface area contributed by atoms with E-state index in [4.69, 9.17) is 10.00 Å². The van der Waals surface area contributed by atoms with Crippen molar-refractivity contribution >= 4 is 0 Å². The van der Waals surface area contributed by atoms with E-state index in [1.165, 1.54) is 6.42 Å². The van der Waals surface area contributed by atoms with Crippen molar-refractivity contribution in [3.8, 4) is 6.07 Å². The van der Waals surface area contributed by atoms with Crippen molar-refractivity contribution in [3.05, 3.63) is 0 Å². The van der Waals surface area contributed by atoms with Gasteiger partial charge in [0.15, 0.2) is 6.10 Å². The van der Waals surface area contributed by atoms with E-state index < -0.39 is 0 Å². The molecule has 0 saturated carbocycles. The molecule has 1 rings (SSSR count). The molecule has 0 aromatic heterocycles. The molecule has 1 aliphatic rings. The summed E-state index contributed by atoms with van der Waals surface area (Å²) in [6.45, 7) is 4.16. The Labute approximate surface area is 61.8 Å². The van der Waals surface area contributed by atoms with Crippen LogP contribution in [-0.2, 0) is 4.74 Å². The molecule has 10 heavy (non-hydrogen) atoms. The lowest BCUT2D eigenvalue weighted by Crippen LogP contribution is -2.07. The third-order valence-corrected chi connectivity index (χ3v) is 2.03. The molecular weight excluding hydrogens is 126 g/mol. The molecule has 1 fully saturated rings. The summed E-state index contributed by atoms with van der Waals surface area (Å²) in [6, 6.07) is 2.12. The van der Waals surface area contributed by atoms with Crippen LogP contribution in [0.4, 0.5) is 0 Å². The lowest BCUT2D eigenvalue weighted by molar-refractivity contribution is 0.298. The maximum Gasteiger partial charge on any atom is 0.173 e. The summed E-state index contributed by atoms with van der Waals surface area (Å²) in [7, 11) is 0. The van der Waals surface area contributed by atoms with Crippen molar-refractivity contribution in [2.45, 2.75) is 44.8 Å². The van der Waals surface area contributed by atoms with Gasteiger partial charge in [-0.15, -0.1) is 0 Å². The molecule has 0 amide bonds. The maximum absolute atomic E-state index is 8.47. The molecule has 0 spiro atoms. The first-order valence-corrected chi connectivity index (χ1v) is 3.80. The zero-order chi connectivity index (χ0) is 7.61. The molecule has 56 valence electrons. The van der Waals surface area contributed by atoms with Crippen molar-refractivity contribution in [2.75, 3.05) is 0 Å². The van der Waals surface area contributed by atoms with Gasteiger partial charge < -0.3 is 4.74 Å². The summed E-state index contributed by atoms with van der Waals surface area (Å²) in [5.41, 5.74) is -0.0925. The van der Waals surface area contributed by atoms with E-state index in [1.807, 2.05) is 6.92 Å². The van der Waals surface area contributed by atoms with Gasteiger partial charge in [-0.05, 0) is 13.3 Å². The summed E-state index contributed by atoms with van der Waals surface area (Å²) in [5.74, 6) is 0. The number of nitrogens with zero attached hydrogens (tertiary/aromatic N) is 1. The highest BCUT2D eigenvalue weighted by molar-refractivity contribution is 5.11. The molecule has 1 heterocycles. The third-order valence-electron chi connectivity index (χ3n) is 2.03. The third kappa shape index (κ3) is 1.30. The van der Waals surface area contributed by atoms with Gasteiger partial charge >= 0.3 is 0 Å². The highest BCUT2D eigenvalue weighted by Gasteiger charge is 2.51. The molecule has 0 radical (unpaired) electrons. The number of epoxide rings is 1. The second-order valence-corrected chi connectivity index (χ2v) is 3.04. The minimum absolute atomic E-state index is 0.0925. The minimum Gasteiger partial charge on any atom is -0.350 e. The lowest BCUT2D eigenvalue weighted by Gasteiger charge is -2.00. The van der Waals surface area contributed by atoms with E-state index in [0.717, 1.165) is 12.8 Å². The first-order chi connectivity index (χ1) is 4.73. The van der Waals surface area contributed by atoms with E-state index >= 15 is 0 Å². The van der Waals surface area contributed by atoms with Gasteiger partial charge in [0.25, 0.3) is 0 Å². The zero-order valence-electron chi connectivity index (χ0n) is 6.55. The van der Waals surface area contributed by atoms with Crippen LogP contribution >= 0.6 is 0 Å². The summed E-state index contributed by atoms with van der Waals surface area (Å²) < 4.78 is 5.19. The van der Waals surface area contributed by atoms with Gasteiger partial charge in [0.1, 0.15) is 5.60 Å². The molecule has 2 nitrogen and oxygen atoms in total. The molecule has 2 heteroatoms. The number of rotatable bonds is 3. The first kappa shape index (κ1) is 7.56. The standard InChI is InChI=1S/C8H13NO/c1-3-4-5-8(2)7(6-9)10-8/h7H,3-5H2,1-2H3. The average Bonchev–Trinajstić information content (AvgIpc) is 2.59. The van der Waals surface area contributed by atoms with Crippen molar-refractivity contribution in [1.29, 1.82) is 5.26 Å². The van der Waals surface area contributed by atoms with Crippen LogP contribution in [0.3, 0.4) is 0 Å². The van der Waals surface area contributed by atoms with Gasteiger partial charge in [-0.3, -0.25) is 0 Å². The highest BCUT2D eigenvalue weighted by Crippen LogP contribution is 2.39. The van der Waals surface area contributed by atoms with Crippen LogP contribution in [-0.4, -0.2) is 11.7 Å². The molecule has 0 N–H and O–H groups in total. The van der Waals surface area contributed by atoms with E-state index in [-0.39, 0.29) is 11.7 Å². The van der Waals surface area contributed by atoms with Crippen molar-refractivity contribution in [3.63, 3.8) is 0 Å². The van der Waals surface area contributed by atoms with Crippen LogP contribution in [0, 0.1) is 11.3 Å². The summed E-state index contributed by atoms with van der Waals surface area (Å²) in [6.07, 6.45) is 3.24. The minimum atomic E-state index is -0.126. The van der Waals surface area contributed by atoms with Crippen LogP contribution in [0.15, 0.2) is 0 Å². The van der Waals surface area contributed by atoms with Gasteiger partial charge in [-0.25, -0.2) is 0 Å². The predicted octanol–water partition coefficient (Wildman–Crippen LogP) is 1.86. The molecule has 0 aromatic carbocycles. The second kappa shape index (κ2) is 2.59. The Hall–Kier alpha value is -0.550. The summed E-state index contributed by atoms with van der Waals surface area (Å²) >= 11 is 0. The Balaban J connectivity index is 2.24. The summed E-state index contributed by atoms with van der Waals surface area (Å²) in [4.78, 5) is 0. The summed E-state index contributed by atoms with van der Waals surface area (Å²) in [5, 5.41) is 8.47. The van der Waals surface area contributed by atoms with Crippen LogP contribution in [0.1, 0.15) is 33.1 Å². The molecule has 1 saturated heterocycles. The molecular formula is C8H13NO. The number of nitriles is 1. The SMILES string of the molecule is CCCCC1(C)OC1C#N. The Morgan fingerprint density at radius 3 is 2.80 bits per heavy atom. The fourth-order valence-corrected chi connectivity index (χ4v) is 1.12. The number of hydrogen-bond donors (Lipinski definition) is 0. The second-order valence-electron chi connectivity index (χ2n) is 3.04. The monoisotopic (exact) mass is 139 g/mol. The smallest absolute Gasteiger partial charge is 0.173 e. The van der Waals surface area contributed by atoms with Crippen molar-refractivity contribution < 1.29 is 4.74 Å². The normalized spacial score (nSPS) is 37.1. The van der Waals surface area contributed by atoms with Gasteiger partial charge in [-0.1, -0.05) is 19.8 Å². The molecule has 0 aromatic rings. The van der Waals surface area contributed by atoms with Crippen LogP contribution in [0.25, 0.3) is 0 Å². The molecule has 0 aliphatic carbocycles. The van der Waals surface area contributed by atoms with E-state index in [1.54, 1.807) is 0 Å². The molecule has 1 aliphatic heterocycles. The molecule has 2 unspecified atom stereocenters. The van der Waals surface area contributed by atoms with Crippen molar-refractivity contribution in [2.24, 2.45) is 0 Å².